The van der Waals surface area contributed by atoms with Crippen LogP contribution in [0.3, 0.4) is 0 Å². The van der Waals surface area contributed by atoms with Crippen LogP contribution in [-0.4, -0.2) is 63.0 Å². The molecule has 1 N–H and O–H groups in total. The zero-order chi connectivity index (χ0) is 27.5. The summed E-state index contributed by atoms with van der Waals surface area (Å²) in [4.78, 5) is 21.5. The highest BCUT2D eigenvalue weighted by Gasteiger charge is 2.49. The Labute approximate surface area is 231 Å². The molecule has 1 aliphatic carbocycles. The molecule has 0 amide bonds. The Morgan fingerprint density at radius 2 is 1.92 bits per heavy atom. The van der Waals surface area contributed by atoms with E-state index in [1.54, 1.807) is 4.68 Å². The number of fused-ring (bicyclic) bond motifs is 1. The number of carboxylic acid groups (broad SMARTS) is 1. The van der Waals surface area contributed by atoms with Crippen molar-refractivity contribution in [3.63, 3.8) is 0 Å². The number of likely N-dealkylation sites (tertiary alicyclic amines) is 1. The molecule has 0 radical (unpaired) electrons. The van der Waals surface area contributed by atoms with Crippen LogP contribution in [-0.2, 0) is 11.8 Å². The zero-order valence-corrected chi connectivity index (χ0v) is 23.9. The standard InChI is InChI=1S/C31H41N5O3/c1-19-8-9-25(20(2)11-19)21(3)39-27-12-28(32-26-18-34(5)33-29(26)27)36-16-23(17-36)22-7-6-10-35(15-22)24-13-31(4,14-24)30(37)38/h8-9,11-12,18,21-24H,6-7,10,13-17H2,1-5H3,(H,37,38)/t21-,22+,24?,31?/m1/s1. The number of carbonyl (C=O) groups is 1. The van der Waals surface area contributed by atoms with Crippen molar-refractivity contribution in [1.82, 2.24) is 19.7 Å². The number of carboxylic acids is 1. The number of hydrogen-bond donors (Lipinski definition) is 1. The average molecular weight is 532 g/mol. The first-order valence-electron chi connectivity index (χ1n) is 14.4. The summed E-state index contributed by atoms with van der Waals surface area (Å²) in [6.45, 7) is 12.4. The van der Waals surface area contributed by atoms with Gasteiger partial charge in [-0.05, 0) is 82.9 Å². The summed E-state index contributed by atoms with van der Waals surface area (Å²) in [5.74, 6) is 2.39. The Kier molecular flexibility index (Phi) is 6.57. The molecule has 39 heavy (non-hydrogen) atoms. The van der Waals surface area contributed by atoms with Crippen molar-refractivity contribution < 1.29 is 14.6 Å². The van der Waals surface area contributed by atoms with E-state index in [-0.39, 0.29) is 6.10 Å². The van der Waals surface area contributed by atoms with Crippen molar-refractivity contribution in [2.24, 2.45) is 24.3 Å². The van der Waals surface area contributed by atoms with Crippen LogP contribution in [0.1, 0.15) is 62.3 Å². The third-order valence-electron chi connectivity index (χ3n) is 9.50. The van der Waals surface area contributed by atoms with Gasteiger partial charge in [0.25, 0.3) is 0 Å². The van der Waals surface area contributed by atoms with Gasteiger partial charge in [-0.2, -0.15) is 5.10 Å². The summed E-state index contributed by atoms with van der Waals surface area (Å²) >= 11 is 0. The van der Waals surface area contributed by atoms with Gasteiger partial charge < -0.3 is 19.6 Å². The summed E-state index contributed by atoms with van der Waals surface area (Å²) in [5, 5.41) is 14.2. The number of aromatic nitrogens is 3. The number of ether oxygens (including phenoxy) is 1. The summed E-state index contributed by atoms with van der Waals surface area (Å²) in [6, 6.07) is 9.00. The molecule has 2 atom stereocenters. The van der Waals surface area contributed by atoms with E-state index in [0.29, 0.717) is 17.9 Å². The monoisotopic (exact) mass is 531 g/mol. The molecule has 0 unspecified atom stereocenters. The quantitative estimate of drug-likeness (QED) is 0.453. The average Bonchev–Trinajstić information content (AvgIpc) is 3.21. The van der Waals surface area contributed by atoms with Crippen LogP contribution in [0.2, 0.25) is 0 Å². The van der Waals surface area contributed by atoms with Crippen molar-refractivity contribution in [3.05, 3.63) is 47.2 Å². The minimum absolute atomic E-state index is 0.0992. The lowest BCUT2D eigenvalue weighted by Crippen LogP contribution is -2.58. The molecule has 2 aliphatic heterocycles. The molecule has 6 rings (SSSR count). The molecule has 0 bridgehead atoms. The zero-order valence-electron chi connectivity index (χ0n) is 23.9. The number of anilines is 1. The Bertz CT molecular complexity index is 1390. The van der Waals surface area contributed by atoms with E-state index in [9.17, 15) is 9.90 Å². The van der Waals surface area contributed by atoms with Gasteiger partial charge in [-0.1, -0.05) is 23.8 Å². The molecule has 1 saturated carbocycles. The highest BCUT2D eigenvalue weighted by Crippen LogP contribution is 2.45. The number of piperidine rings is 1. The van der Waals surface area contributed by atoms with Crippen LogP contribution in [0.15, 0.2) is 30.5 Å². The highest BCUT2D eigenvalue weighted by molar-refractivity contribution is 5.83. The minimum atomic E-state index is -0.647. The summed E-state index contributed by atoms with van der Waals surface area (Å²) in [6.07, 6.45) is 5.89. The molecule has 3 fully saturated rings. The van der Waals surface area contributed by atoms with Crippen LogP contribution < -0.4 is 9.64 Å². The predicted molar refractivity (Wildman–Crippen MR) is 152 cm³/mol. The van der Waals surface area contributed by atoms with Crippen LogP contribution in [0.5, 0.6) is 5.75 Å². The second-order valence-electron chi connectivity index (χ2n) is 12.6. The third kappa shape index (κ3) is 4.88. The van der Waals surface area contributed by atoms with Gasteiger partial charge >= 0.3 is 5.97 Å². The van der Waals surface area contributed by atoms with E-state index in [4.69, 9.17) is 9.72 Å². The van der Waals surface area contributed by atoms with Crippen molar-refractivity contribution in [3.8, 4) is 5.75 Å². The first kappa shape index (κ1) is 26.1. The Morgan fingerprint density at radius 1 is 1.15 bits per heavy atom. The molecule has 2 aromatic heterocycles. The second kappa shape index (κ2) is 9.81. The molecule has 0 spiro atoms. The van der Waals surface area contributed by atoms with Crippen LogP contribution in [0, 0.1) is 31.1 Å². The van der Waals surface area contributed by atoms with E-state index in [1.165, 1.54) is 29.5 Å². The van der Waals surface area contributed by atoms with E-state index < -0.39 is 11.4 Å². The van der Waals surface area contributed by atoms with Gasteiger partial charge in [0, 0.05) is 38.8 Å². The Balaban J connectivity index is 1.13. The van der Waals surface area contributed by atoms with Crippen LogP contribution in [0.4, 0.5) is 5.82 Å². The van der Waals surface area contributed by atoms with Gasteiger partial charge in [0.2, 0.25) is 0 Å². The molecule has 3 aliphatic rings. The molecule has 2 saturated heterocycles. The maximum atomic E-state index is 11.6. The number of aliphatic carboxylic acids is 1. The number of hydrogen-bond acceptors (Lipinski definition) is 6. The van der Waals surface area contributed by atoms with Gasteiger partial charge in [0.15, 0.2) is 11.3 Å². The summed E-state index contributed by atoms with van der Waals surface area (Å²) in [7, 11) is 1.92. The molecule has 3 aromatic rings. The number of aryl methyl sites for hydroxylation is 3. The van der Waals surface area contributed by atoms with Crippen molar-refractivity contribution in [2.75, 3.05) is 31.1 Å². The maximum absolute atomic E-state index is 11.6. The van der Waals surface area contributed by atoms with Gasteiger partial charge in [-0.15, -0.1) is 0 Å². The fourth-order valence-electron chi connectivity index (χ4n) is 7.03. The highest BCUT2D eigenvalue weighted by atomic mass is 16.5. The van der Waals surface area contributed by atoms with E-state index >= 15 is 0 Å². The van der Waals surface area contributed by atoms with Crippen molar-refractivity contribution in [1.29, 1.82) is 0 Å². The molecule has 8 nitrogen and oxygen atoms in total. The molecular formula is C31H41N5O3. The number of benzene rings is 1. The normalized spacial score (nSPS) is 26.7. The number of nitrogens with zero attached hydrogens (tertiary/aromatic N) is 5. The van der Waals surface area contributed by atoms with Crippen LogP contribution in [0.25, 0.3) is 11.0 Å². The molecule has 8 heteroatoms. The number of pyridine rings is 1. The van der Waals surface area contributed by atoms with Gasteiger partial charge in [0.05, 0.1) is 11.6 Å². The smallest absolute Gasteiger partial charge is 0.309 e. The first-order valence-corrected chi connectivity index (χ1v) is 14.4. The molecule has 208 valence electrons. The van der Waals surface area contributed by atoms with E-state index in [1.807, 2.05) is 20.2 Å². The maximum Gasteiger partial charge on any atom is 0.309 e. The summed E-state index contributed by atoms with van der Waals surface area (Å²) < 4.78 is 8.36. The van der Waals surface area contributed by atoms with Gasteiger partial charge in [0.1, 0.15) is 17.4 Å². The fraction of sp³-hybridized carbons (Fsp3) is 0.581. The van der Waals surface area contributed by atoms with E-state index in [0.717, 1.165) is 61.6 Å². The number of rotatable bonds is 7. The van der Waals surface area contributed by atoms with Crippen LogP contribution >= 0.6 is 0 Å². The fourth-order valence-corrected chi connectivity index (χ4v) is 7.03. The molecular weight excluding hydrogens is 490 g/mol. The molecule has 4 heterocycles. The predicted octanol–water partition coefficient (Wildman–Crippen LogP) is 5.13. The van der Waals surface area contributed by atoms with E-state index in [2.05, 4.69) is 59.9 Å². The Morgan fingerprint density at radius 3 is 2.64 bits per heavy atom. The molecule has 1 aromatic carbocycles. The summed E-state index contributed by atoms with van der Waals surface area (Å²) in [5.41, 5.74) is 4.79. The lowest BCUT2D eigenvalue weighted by atomic mass is 9.65. The Hall–Kier alpha value is -3.13. The van der Waals surface area contributed by atoms with Gasteiger partial charge in [-0.3, -0.25) is 9.48 Å². The largest absolute Gasteiger partial charge is 0.483 e. The van der Waals surface area contributed by atoms with Gasteiger partial charge in [-0.25, -0.2) is 4.98 Å². The van der Waals surface area contributed by atoms with Crippen molar-refractivity contribution >= 4 is 22.8 Å². The SMILES string of the molecule is Cc1ccc([C@@H](C)Oc2cc(N3CC([C@H]4CCCN(C5CC(C)(C(=O)O)C5)C4)C3)nc3cn(C)nc23)c(C)c1. The lowest BCUT2D eigenvalue weighted by Gasteiger charge is -2.52. The second-order valence-corrected chi connectivity index (χ2v) is 12.6. The third-order valence-corrected chi connectivity index (χ3v) is 9.50. The topological polar surface area (TPSA) is 83.7 Å². The van der Waals surface area contributed by atoms with Crippen molar-refractivity contribution in [2.45, 2.75) is 65.5 Å². The minimum Gasteiger partial charge on any atom is -0.483 e. The first-order chi connectivity index (χ1) is 18.6. The lowest BCUT2D eigenvalue weighted by molar-refractivity contribution is -0.158.